The molecule has 2 aliphatic rings. The van der Waals surface area contributed by atoms with Gasteiger partial charge in [-0.1, -0.05) is 18.2 Å². The number of likely N-dealkylation sites (N-methyl/N-ethyl adjacent to an activating group) is 1. The first kappa shape index (κ1) is 25.2. The fourth-order valence-corrected chi connectivity index (χ4v) is 6.01. The third kappa shape index (κ3) is 4.17. The van der Waals surface area contributed by atoms with Crippen LogP contribution in [0.15, 0.2) is 43.1 Å². The number of amides is 1. The summed E-state index contributed by atoms with van der Waals surface area (Å²) in [6.45, 7) is 9.15. The highest BCUT2D eigenvalue weighted by atomic mass is 35.5. The maximum Gasteiger partial charge on any atom is 0.330 e. The zero-order valence-corrected chi connectivity index (χ0v) is 22.9. The number of aryl methyl sites for hydroxylation is 1. The molecule has 2 aromatic heterocycles. The van der Waals surface area contributed by atoms with Crippen LogP contribution in [-0.2, 0) is 9.59 Å². The molecule has 0 unspecified atom stereocenters. The number of esters is 1. The average Bonchev–Trinajstić information content (AvgIpc) is 3.53. The van der Waals surface area contributed by atoms with E-state index in [9.17, 15) is 9.59 Å². The van der Waals surface area contributed by atoms with E-state index < -0.39 is 0 Å². The molecule has 2 aliphatic heterocycles. The number of likely N-dealkylation sites (tertiary alicyclic amines) is 1. The second-order valence-corrected chi connectivity index (χ2v) is 10.6. The summed E-state index contributed by atoms with van der Waals surface area (Å²) in [4.78, 5) is 27.9. The quantitative estimate of drug-likeness (QED) is 0.219. The van der Waals surface area contributed by atoms with Gasteiger partial charge in [0.15, 0.2) is 5.75 Å². The van der Waals surface area contributed by atoms with Crippen molar-refractivity contribution in [3.8, 4) is 28.1 Å². The molecule has 0 bridgehead atoms. The Bertz CT molecular complexity index is 1650. The molecule has 1 saturated heterocycles. The monoisotopic (exact) mass is 544 g/mol. The maximum absolute atomic E-state index is 12.2. The lowest BCUT2D eigenvalue weighted by molar-refractivity contribution is -0.133. The number of carbonyl (C=O) groups excluding carboxylic acids is 2. The Kier molecular flexibility index (Phi) is 6.18. The van der Waals surface area contributed by atoms with Gasteiger partial charge in [0.1, 0.15) is 12.2 Å². The lowest BCUT2D eigenvalue weighted by Crippen LogP contribution is -2.38. The molecule has 6 rings (SSSR count). The molecular formula is C29H29ClN6O3. The van der Waals surface area contributed by atoms with Crippen LogP contribution in [0.2, 0.25) is 5.02 Å². The van der Waals surface area contributed by atoms with Gasteiger partial charge in [0.25, 0.3) is 0 Å². The van der Waals surface area contributed by atoms with Crippen molar-refractivity contribution in [2.45, 2.75) is 32.7 Å². The second-order valence-electron chi connectivity index (χ2n) is 10.2. The van der Waals surface area contributed by atoms with Gasteiger partial charge >= 0.3 is 5.97 Å². The smallest absolute Gasteiger partial charge is 0.330 e. The molecule has 4 heterocycles. The number of hydrogen-bond donors (Lipinski definition) is 1. The lowest BCUT2D eigenvalue weighted by atomic mass is 9.94. The van der Waals surface area contributed by atoms with Crippen LogP contribution >= 0.6 is 11.6 Å². The predicted octanol–water partition coefficient (Wildman–Crippen LogP) is 5.07. The molecule has 200 valence electrons. The Balaban J connectivity index is 1.53. The number of aromatic amines is 1. The van der Waals surface area contributed by atoms with Gasteiger partial charge < -0.3 is 14.5 Å². The molecule has 1 amide bonds. The Morgan fingerprint density at radius 3 is 2.72 bits per heavy atom. The van der Waals surface area contributed by atoms with Gasteiger partial charge in [0.05, 0.1) is 28.5 Å². The van der Waals surface area contributed by atoms with Crippen molar-refractivity contribution in [2.24, 2.45) is 0 Å². The number of ether oxygens (including phenoxy) is 1. The first-order valence-corrected chi connectivity index (χ1v) is 13.3. The maximum atomic E-state index is 12.2. The highest BCUT2D eigenvalue weighted by Gasteiger charge is 2.30. The largest absolute Gasteiger partial charge is 0.423 e. The number of carbonyl (C=O) groups is 2. The molecule has 39 heavy (non-hydrogen) atoms. The van der Waals surface area contributed by atoms with E-state index in [2.05, 4.69) is 28.4 Å². The van der Waals surface area contributed by atoms with Crippen molar-refractivity contribution in [2.75, 3.05) is 31.6 Å². The number of H-pyrrole nitrogens is 1. The summed E-state index contributed by atoms with van der Waals surface area (Å²) in [6, 6.07) is 7.89. The van der Waals surface area contributed by atoms with Crippen LogP contribution in [0.5, 0.6) is 5.75 Å². The van der Waals surface area contributed by atoms with E-state index in [-0.39, 0.29) is 24.5 Å². The molecule has 1 fully saturated rings. The number of rotatable bonds is 4. The van der Waals surface area contributed by atoms with E-state index in [1.54, 1.807) is 6.20 Å². The van der Waals surface area contributed by atoms with Gasteiger partial charge in [-0.25, -0.2) is 4.79 Å². The van der Waals surface area contributed by atoms with Crippen molar-refractivity contribution in [3.63, 3.8) is 0 Å². The number of anilines is 1. The van der Waals surface area contributed by atoms with Gasteiger partial charge in [0, 0.05) is 47.9 Å². The van der Waals surface area contributed by atoms with Crippen LogP contribution in [0.3, 0.4) is 0 Å². The first-order valence-electron chi connectivity index (χ1n) is 13.0. The summed E-state index contributed by atoms with van der Waals surface area (Å²) in [7, 11) is 1.87. The lowest BCUT2D eigenvalue weighted by Gasteiger charge is -2.32. The zero-order chi connectivity index (χ0) is 27.4. The molecule has 0 atom stereocenters. The van der Waals surface area contributed by atoms with E-state index in [1.807, 2.05) is 48.0 Å². The predicted molar refractivity (Wildman–Crippen MR) is 151 cm³/mol. The average molecular weight is 545 g/mol. The van der Waals surface area contributed by atoms with E-state index in [0.29, 0.717) is 23.9 Å². The highest BCUT2D eigenvalue weighted by Crippen LogP contribution is 2.46. The third-order valence-corrected chi connectivity index (χ3v) is 8.28. The van der Waals surface area contributed by atoms with Gasteiger partial charge in [-0.3, -0.25) is 14.6 Å². The Labute approximate surface area is 231 Å². The van der Waals surface area contributed by atoms with Crippen molar-refractivity contribution in [1.82, 2.24) is 24.9 Å². The van der Waals surface area contributed by atoms with Crippen LogP contribution < -0.4 is 9.64 Å². The van der Waals surface area contributed by atoms with Gasteiger partial charge in [0.2, 0.25) is 5.91 Å². The second kappa shape index (κ2) is 9.57. The van der Waals surface area contributed by atoms with E-state index in [0.717, 1.165) is 63.1 Å². The molecule has 1 N–H and O–H groups in total. The van der Waals surface area contributed by atoms with E-state index in [4.69, 9.17) is 21.4 Å². The number of fused-ring (bicyclic) bond motifs is 2. The summed E-state index contributed by atoms with van der Waals surface area (Å²) in [6.07, 6.45) is 4.74. The molecule has 9 nitrogen and oxygen atoms in total. The number of benzene rings is 2. The highest BCUT2D eigenvalue weighted by molar-refractivity contribution is 6.36. The van der Waals surface area contributed by atoms with Crippen molar-refractivity contribution >= 4 is 40.1 Å². The molecular weight excluding hydrogens is 516 g/mol. The number of hydrogen-bond acceptors (Lipinski definition) is 6. The SMILES string of the molecule is C=CC(=O)N1CCC(n2nc(-c3ccc4c(c3)N(C)CC(=O)O4)c(-c3c(Cl)c(C)cc4[nH]ncc34)c2C)CC1. The Morgan fingerprint density at radius 1 is 1.21 bits per heavy atom. The van der Waals surface area contributed by atoms with Gasteiger partial charge in [-0.05, 0) is 62.6 Å². The number of nitrogens with one attached hydrogen (secondary N) is 1. The summed E-state index contributed by atoms with van der Waals surface area (Å²) in [5.74, 6) is 0.203. The number of piperidine rings is 1. The van der Waals surface area contributed by atoms with Crippen LogP contribution in [0.1, 0.15) is 30.1 Å². The minimum atomic E-state index is -0.284. The van der Waals surface area contributed by atoms with Crippen molar-refractivity contribution in [1.29, 1.82) is 0 Å². The molecule has 10 heteroatoms. The molecule has 0 spiro atoms. The van der Waals surface area contributed by atoms with Crippen LogP contribution in [0.25, 0.3) is 33.3 Å². The van der Waals surface area contributed by atoms with E-state index in [1.165, 1.54) is 6.08 Å². The van der Waals surface area contributed by atoms with E-state index >= 15 is 0 Å². The summed E-state index contributed by atoms with van der Waals surface area (Å²) in [5, 5.41) is 14.2. The summed E-state index contributed by atoms with van der Waals surface area (Å²) >= 11 is 7.02. The molecule has 0 radical (unpaired) electrons. The van der Waals surface area contributed by atoms with Crippen LogP contribution in [0.4, 0.5) is 5.69 Å². The third-order valence-electron chi connectivity index (χ3n) is 7.80. The number of halogens is 1. The zero-order valence-electron chi connectivity index (χ0n) is 22.1. The fraction of sp³-hybridized carbons (Fsp3) is 0.310. The Morgan fingerprint density at radius 2 is 1.97 bits per heavy atom. The molecule has 0 aliphatic carbocycles. The van der Waals surface area contributed by atoms with Gasteiger partial charge in [-0.2, -0.15) is 10.2 Å². The summed E-state index contributed by atoms with van der Waals surface area (Å²) < 4.78 is 7.57. The number of nitrogens with zero attached hydrogens (tertiary/aromatic N) is 5. The van der Waals surface area contributed by atoms with Crippen LogP contribution in [-0.4, -0.2) is 63.4 Å². The Hall–Kier alpha value is -4.11. The molecule has 4 aromatic rings. The normalized spacial score (nSPS) is 15.9. The number of aromatic nitrogens is 4. The van der Waals surface area contributed by atoms with Crippen LogP contribution in [0, 0.1) is 13.8 Å². The standard InChI is InChI=1S/C29H29ClN6O3/c1-5-24(37)35-10-8-19(9-11-35)36-17(3)26(27-20-14-31-32-21(20)12-16(2)28(27)30)29(33-36)18-6-7-23-22(13-18)34(4)15-25(38)39-23/h5-7,12-14,19H,1,8-11,15H2,2-4H3,(H,31,32). The van der Waals surface area contributed by atoms with Crippen molar-refractivity contribution in [3.05, 3.63) is 59.4 Å². The molecule has 2 aromatic carbocycles. The minimum Gasteiger partial charge on any atom is -0.423 e. The topological polar surface area (TPSA) is 96.4 Å². The minimum absolute atomic E-state index is 0.0419. The molecule has 0 saturated carbocycles. The van der Waals surface area contributed by atoms with Gasteiger partial charge in [-0.15, -0.1) is 0 Å². The fourth-order valence-electron chi connectivity index (χ4n) is 5.76. The van der Waals surface area contributed by atoms with Crippen molar-refractivity contribution < 1.29 is 14.3 Å². The summed E-state index contributed by atoms with van der Waals surface area (Å²) in [5.41, 5.74) is 7.17. The first-order chi connectivity index (χ1) is 18.8.